The van der Waals surface area contributed by atoms with Crippen LogP contribution in [0, 0.1) is 0 Å². The van der Waals surface area contributed by atoms with Crippen molar-refractivity contribution in [3.63, 3.8) is 0 Å². The summed E-state index contributed by atoms with van der Waals surface area (Å²) in [7, 11) is 0. The average Bonchev–Trinajstić information content (AvgIpc) is 2.29. The third-order valence-corrected chi connectivity index (χ3v) is 2.63. The van der Waals surface area contributed by atoms with Gasteiger partial charge in [0.25, 0.3) is 0 Å². The molecule has 3 heteroatoms. The van der Waals surface area contributed by atoms with E-state index in [1.54, 1.807) is 0 Å². The van der Waals surface area contributed by atoms with E-state index in [1.165, 1.54) is 0 Å². The molecule has 0 aromatic heterocycles. The standard InChI is InChI=1S/C11H23NO2.C2H6/c1-10(2)14-9-3-6-12-7-4-11(13)5-8-12;1-2/h10-11,13H,3-9H2,1-2H3;1-2H3. The van der Waals surface area contributed by atoms with Gasteiger partial charge in [0.1, 0.15) is 0 Å². The summed E-state index contributed by atoms with van der Waals surface area (Å²) in [5.74, 6) is 0. The number of ether oxygens (including phenoxy) is 1. The van der Waals surface area contributed by atoms with E-state index in [0.717, 1.165) is 45.5 Å². The summed E-state index contributed by atoms with van der Waals surface area (Å²) in [6.45, 7) is 12.2. The summed E-state index contributed by atoms with van der Waals surface area (Å²) in [4.78, 5) is 2.41. The molecule has 1 saturated heterocycles. The van der Waals surface area contributed by atoms with Crippen molar-refractivity contribution in [1.29, 1.82) is 0 Å². The van der Waals surface area contributed by atoms with Crippen molar-refractivity contribution in [2.24, 2.45) is 0 Å². The number of likely N-dealkylation sites (tertiary alicyclic amines) is 1. The van der Waals surface area contributed by atoms with E-state index < -0.39 is 0 Å². The molecule has 16 heavy (non-hydrogen) atoms. The van der Waals surface area contributed by atoms with Crippen LogP contribution in [0.5, 0.6) is 0 Å². The van der Waals surface area contributed by atoms with Gasteiger partial charge in [-0.15, -0.1) is 0 Å². The van der Waals surface area contributed by atoms with Crippen LogP contribution in [0.3, 0.4) is 0 Å². The number of nitrogens with zero attached hydrogens (tertiary/aromatic N) is 1. The molecule has 0 aliphatic carbocycles. The first-order valence-electron chi connectivity index (χ1n) is 6.70. The smallest absolute Gasteiger partial charge is 0.0564 e. The fourth-order valence-corrected chi connectivity index (χ4v) is 1.75. The van der Waals surface area contributed by atoms with Crippen LogP contribution in [0.4, 0.5) is 0 Å². The lowest BCUT2D eigenvalue weighted by Gasteiger charge is -2.29. The van der Waals surface area contributed by atoms with Crippen molar-refractivity contribution in [1.82, 2.24) is 4.90 Å². The maximum atomic E-state index is 9.32. The molecule has 0 radical (unpaired) electrons. The van der Waals surface area contributed by atoms with E-state index >= 15 is 0 Å². The minimum absolute atomic E-state index is 0.0573. The highest BCUT2D eigenvalue weighted by molar-refractivity contribution is 4.70. The Hall–Kier alpha value is -0.120. The lowest BCUT2D eigenvalue weighted by molar-refractivity contribution is 0.0555. The van der Waals surface area contributed by atoms with Gasteiger partial charge in [0.2, 0.25) is 0 Å². The molecule has 0 bridgehead atoms. The molecule has 0 unspecified atom stereocenters. The predicted molar refractivity (Wildman–Crippen MR) is 68.7 cm³/mol. The van der Waals surface area contributed by atoms with Crippen molar-refractivity contribution in [3.8, 4) is 0 Å². The second kappa shape index (κ2) is 10.1. The number of aliphatic hydroxyl groups is 1. The summed E-state index contributed by atoms with van der Waals surface area (Å²) in [5.41, 5.74) is 0. The zero-order valence-electron chi connectivity index (χ0n) is 11.4. The molecule has 1 aliphatic rings. The zero-order chi connectivity index (χ0) is 12.4. The van der Waals surface area contributed by atoms with Gasteiger partial charge in [-0.05, 0) is 33.1 Å². The van der Waals surface area contributed by atoms with Crippen LogP contribution in [0.1, 0.15) is 47.0 Å². The van der Waals surface area contributed by atoms with Crippen LogP contribution < -0.4 is 0 Å². The van der Waals surface area contributed by atoms with Crippen LogP contribution >= 0.6 is 0 Å². The molecule has 1 rings (SSSR count). The van der Waals surface area contributed by atoms with Crippen LogP contribution in [-0.4, -0.2) is 48.5 Å². The molecule has 3 nitrogen and oxygen atoms in total. The van der Waals surface area contributed by atoms with Crippen molar-refractivity contribution >= 4 is 0 Å². The summed E-state index contributed by atoms with van der Waals surface area (Å²) < 4.78 is 5.48. The van der Waals surface area contributed by atoms with Gasteiger partial charge in [-0.25, -0.2) is 0 Å². The van der Waals surface area contributed by atoms with Gasteiger partial charge in [0.05, 0.1) is 12.2 Å². The average molecular weight is 231 g/mol. The first-order valence-corrected chi connectivity index (χ1v) is 6.70. The summed E-state index contributed by atoms with van der Waals surface area (Å²) in [5, 5.41) is 9.32. The van der Waals surface area contributed by atoms with Crippen LogP contribution in [0.25, 0.3) is 0 Å². The lowest BCUT2D eigenvalue weighted by atomic mass is 10.1. The SMILES string of the molecule is CC.CC(C)OCCCN1CCC(O)CC1. The monoisotopic (exact) mass is 231 g/mol. The van der Waals surface area contributed by atoms with Gasteiger partial charge in [-0.3, -0.25) is 0 Å². The minimum atomic E-state index is -0.0573. The number of aliphatic hydroxyl groups excluding tert-OH is 1. The van der Waals surface area contributed by atoms with Crippen molar-refractivity contribution in [2.75, 3.05) is 26.2 Å². The maximum Gasteiger partial charge on any atom is 0.0564 e. The van der Waals surface area contributed by atoms with E-state index in [2.05, 4.69) is 18.7 Å². The molecule has 0 aromatic carbocycles. The molecule has 0 amide bonds. The Morgan fingerprint density at radius 2 is 1.81 bits per heavy atom. The first kappa shape index (κ1) is 15.9. The Morgan fingerprint density at radius 3 is 2.31 bits per heavy atom. The second-order valence-corrected chi connectivity index (χ2v) is 4.35. The first-order chi connectivity index (χ1) is 7.68. The molecule has 1 heterocycles. The molecule has 1 fully saturated rings. The molecule has 1 aliphatic heterocycles. The highest BCUT2D eigenvalue weighted by Gasteiger charge is 2.15. The van der Waals surface area contributed by atoms with Crippen LogP contribution in [0.2, 0.25) is 0 Å². The molecule has 98 valence electrons. The van der Waals surface area contributed by atoms with Gasteiger partial charge < -0.3 is 14.7 Å². The van der Waals surface area contributed by atoms with Crippen molar-refractivity contribution < 1.29 is 9.84 Å². The molecular weight excluding hydrogens is 202 g/mol. The molecule has 0 saturated carbocycles. The normalized spacial score (nSPS) is 18.4. The lowest BCUT2D eigenvalue weighted by Crippen LogP contribution is -2.36. The van der Waals surface area contributed by atoms with Crippen molar-refractivity contribution in [3.05, 3.63) is 0 Å². The molecule has 0 atom stereocenters. The van der Waals surface area contributed by atoms with Crippen LogP contribution in [-0.2, 0) is 4.74 Å². The zero-order valence-corrected chi connectivity index (χ0v) is 11.4. The third-order valence-electron chi connectivity index (χ3n) is 2.63. The second-order valence-electron chi connectivity index (χ2n) is 4.35. The third kappa shape index (κ3) is 8.08. The largest absolute Gasteiger partial charge is 0.393 e. The Balaban J connectivity index is 0.00000106. The highest BCUT2D eigenvalue weighted by atomic mass is 16.5. The van der Waals surface area contributed by atoms with Gasteiger partial charge in [0.15, 0.2) is 0 Å². The Labute approximate surface area is 101 Å². The molecule has 0 aromatic rings. The Kier molecular flexibility index (Phi) is 9.99. The fourth-order valence-electron chi connectivity index (χ4n) is 1.75. The van der Waals surface area contributed by atoms with E-state index in [0.29, 0.717) is 6.10 Å². The number of hydrogen-bond donors (Lipinski definition) is 1. The predicted octanol–water partition coefficient (Wildman–Crippen LogP) is 2.28. The fraction of sp³-hybridized carbons (Fsp3) is 1.00. The topological polar surface area (TPSA) is 32.7 Å². The summed E-state index contributed by atoms with van der Waals surface area (Å²) in [6, 6.07) is 0. The van der Waals surface area contributed by atoms with E-state index in [-0.39, 0.29) is 6.10 Å². The van der Waals surface area contributed by atoms with E-state index in [1.807, 2.05) is 13.8 Å². The van der Waals surface area contributed by atoms with E-state index in [4.69, 9.17) is 4.74 Å². The van der Waals surface area contributed by atoms with E-state index in [9.17, 15) is 5.11 Å². The summed E-state index contributed by atoms with van der Waals surface area (Å²) in [6.07, 6.45) is 3.26. The Bertz CT molecular complexity index is 143. The quantitative estimate of drug-likeness (QED) is 0.737. The van der Waals surface area contributed by atoms with Gasteiger partial charge in [-0.1, -0.05) is 13.8 Å². The van der Waals surface area contributed by atoms with Gasteiger partial charge in [0, 0.05) is 26.2 Å². The summed E-state index contributed by atoms with van der Waals surface area (Å²) >= 11 is 0. The van der Waals surface area contributed by atoms with Gasteiger partial charge in [-0.2, -0.15) is 0 Å². The molecule has 0 spiro atoms. The number of rotatable bonds is 5. The van der Waals surface area contributed by atoms with Crippen LogP contribution in [0.15, 0.2) is 0 Å². The Morgan fingerprint density at radius 1 is 1.25 bits per heavy atom. The maximum absolute atomic E-state index is 9.32. The van der Waals surface area contributed by atoms with Gasteiger partial charge >= 0.3 is 0 Å². The highest BCUT2D eigenvalue weighted by Crippen LogP contribution is 2.09. The molecular formula is C13H29NO2. The minimum Gasteiger partial charge on any atom is -0.393 e. The number of hydrogen-bond acceptors (Lipinski definition) is 3. The number of piperidine rings is 1. The van der Waals surface area contributed by atoms with Crippen molar-refractivity contribution in [2.45, 2.75) is 59.2 Å². The molecule has 1 N–H and O–H groups in total.